The molecule has 5 rings (SSSR count). The number of urea groups is 1. The number of anilines is 4. The summed E-state index contributed by atoms with van der Waals surface area (Å²) in [7, 11) is 0. The number of ether oxygens (including phenoxy) is 1. The number of para-hydroxylation sites is 1. The van der Waals surface area contributed by atoms with E-state index in [4.69, 9.17) is 25.8 Å². The van der Waals surface area contributed by atoms with Crippen molar-refractivity contribution in [1.82, 2.24) is 14.9 Å². The number of nitrogens with zero attached hydrogens (tertiary/aromatic N) is 3. The molecule has 0 saturated carbocycles. The van der Waals surface area contributed by atoms with Crippen LogP contribution in [-0.2, 0) is 4.74 Å². The van der Waals surface area contributed by atoms with Crippen molar-refractivity contribution in [2.45, 2.75) is 0 Å². The van der Waals surface area contributed by atoms with E-state index in [1.54, 1.807) is 17.0 Å². The van der Waals surface area contributed by atoms with Crippen LogP contribution in [0.3, 0.4) is 0 Å². The van der Waals surface area contributed by atoms with Gasteiger partial charge in [-0.05, 0) is 42.5 Å². The predicted octanol–water partition coefficient (Wildman–Crippen LogP) is 4.48. The molecule has 1 saturated heterocycles. The molecule has 0 bridgehead atoms. The maximum absolute atomic E-state index is 12.6. The Kier molecular flexibility index (Phi) is 6.23. The maximum atomic E-state index is 12.6. The van der Waals surface area contributed by atoms with Crippen molar-refractivity contribution in [3.8, 4) is 11.4 Å². The van der Waals surface area contributed by atoms with E-state index in [2.05, 4.69) is 10.6 Å². The van der Waals surface area contributed by atoms with Crippen LogP contribution in [-0.4, -0.2) is 53.4 Å². The summed E-state index contributed by atoms with van der Waals surface area (Å²) < 4.78 is 5.32. The van der Waals surface area contributed by atoms with Gasteiger partial charge in [0.2, 0.25) is 0 Å². The van der Waals surface area contributed by atoms with Crippen molar-refractivity contribution in [3.05, 3.63) is 72.3 Å². The number of hydrogen-bond donors (Lipinski definition) is 4. The van der Waals surface area contributed by atoms with Gasteiger partial charge >= 0.3 is 6.03 Å². The zero-order chi connectivity index (χ0) is 24.2. The molecule has 9 nitrogen and oxygen atoms in total. The third-order valence-electron chi connectivity index (χ3n) is 5.78. The number of nitrogen functional groups attached to an aromatic ring is 1. The van der Waals surface area contributed by atoms with Gasteiger partial charge in [0.1, 0.15) is 5.82 Å². The fourth-order valence-electron chi connectivity index (χ4n) is 3.92. The minimum Gasteiger partial charge on any atom is -0.398 e. The maximum Gasteiger partial charge on any atom is 0.321 e. The lowest BCUT2D eigenvalue weighted by Crippen LogP contribution is -2.43. The van der Waals surface area contributed by atoms with E-state index in [-0.39, 0.29) is 6.03 Å². The molecular formula is C26H25N7O2. The first-order chi connectivity index (χ1) is 17.1. The van der Waals surface area contributed by atoms with Gasteiger partial charge in [0.15, 0.2) is 5.82 Å². The number of hydrogen-bond acceptors (Lipinski definition) is 7. The number of benzene rings is 3. The monoisotopic (exact) mass is 467 g/mol. The van der Waals surface area contributed by atoms with Crippen LogP contribution in [0.1, 0.15) is 5.56 Å². The summed E-state index contributed by atoms with van der Waals surface area (Å²) in [4.78, 5) is 23.9. The molecule has 176 valence electrons. The fraction of sp³-hybridized carbons (Fsp3) is 0.154. The third kappa shape index (κ3) is 4.90. The quantitative estimate of drug-likeness (QED) is 0.253. The Balaban J connectivity index is 1.47. The second-order valence-corrected chi connectivity index (χ2v) is 8.14. The molecule has 0 unspecified atom stereocenters. The summed E-state index contributed by atoms with van der Waals surface area (Å²) in [6.45, 7) is 2.23. The van der Waals surface area contributed by atoms with Crippen LogP contribution < -0.4 is 16.4 Å². The number of carbonyl (C=O) groups is 1. The second kappa shape index (κ2) is 9.78. The van der Waals surface area contributed by atoms with E-state index in [1.165, 1.54) is 6.21 Å². The number of rotatable bonds is 5. The Morgan fingerprint density at radius 3 is 2.66 bits per heavy atom. The van der Waals surface area contributed by atoms with Crippen molar-refractivity contribution in [2.24, 2.45) is 0 Å². The van der Waals surface area contributed by atoms with Crippen LogP contribution in [0.15, 0.2) is 66.7 Å². The molecule has 5 N–H and O–H groups in total. The van der Waals surface area contributed by atoms with Crippen LogP contribution >= 0.6 is 0 Å². The lowest BCUT2D eigenvalue weighted by Gasteiger charge is -2.27. The standard InChI is InChI=1S/C26H25N7O2/c27-16-18-15-20(8-9-22(18)28)29-25-21-6-1-2-7-23(21)31-24(32-25)17-4-3-5-19(14-17)30-26(34)33-10-12-35-13-11-33/h1-9,14-16,27H,10-13,28H2,(H,30,34)(H,29,31,32). The normalized spacial score (nSPS) is 13.4. The van der Waals surface area contributed by atoms with Crippen LogP contribution in [0, 0.1) is 5.41 Å². The molecule has 2 amide bonds. The molecule has 0 radical (unpaired) electrons. The van der Waals surface area contributed by atoms with Crippen LogP contribution in [0.5, 0.6) is 0 Å². The first kappa shape index (κ1) is 22.3. The van der Waals surface area contributed by atoms with Crippen molar-refractivity contribution in [3.63, 3.8) is 0 Å². The number of morpholine rings is 1. The molecule has 1 fully saturated rings. The van der Waals surface area contributed by atoms with E-state index < -0.39 is 0 Å². The van der Waals surface area contributed by atoms with E-state index >= 15 is 0 Å². The molecule has 9 heteroatoms. The molecule has 4 aromatic rings. The van der Waals surface area contributed by atoms with Gasteiger partial charge in [-0.15, -0.1) is 0 Å². The summed E-state index contributed by atoms with van der Waals surface area (Å²) in [5.41, 5.74) is 10.1. The summed E-state index contributed by atoms with van der Waals surface area (Å²) in [5.74, 6) is 1.16. The average molecular weight is 468 g/mol. The Hall–Kier alpha value is -4.50. The van der Waals surface area contributed by atoms with Crippen LogP contribution in [0.4, 0.5) is 27.7 Å². The van der Waals surface area contributed by atoms with Crippen LogP contribution in [0.25, 0.3) is 22.3 Å². The van der Waals surface area contributed by atoms with Gasteiger partial charge in [0.05, 0.1) is 18.7 Å². The van der Waals surface area contributed by atoms with Gasteiger partial charge in [-0.2, -0.15) is 0 Å². The Morgan fingerprint density at radius 1 is 1.00 bits per heavy atom. The molecule has 3 aromatic carbocycles. The van der Waals surface area contributed by atoms with Crippen molar-refractivity contribution in [1.29, 1.82) is 5.41 Å². The summed E-state index contributed by atoms with van der Waals surface area (Å²) in [6, 6.07) is 20.5. The summed E-state index contributed by atoms with van der Waals surface area (Å²) in [6.07, 6.45) is 1.22. The molecule has 0 aliphatic carbocycles. The third-order valence-corrected chi connectivity index (χ3v) is 5.78. The molecule has 1 aromatic heterocycles. The van der Waals surface area contributed by atoms with E-state index in [1.807, 2.05) is 54.6 Å². The van der Waals surface area contributed by atoms with Gasteiger partial charge in [0.25, 0.3) is 0 Å². The highest BCUT2D eigenvalue weighted by molar-refractivity contribution is 5.94. The minimum atomic E-state index is -0.155. The molecular weight excluding hydrogens is 442 g/mol. The van der Waals surface area contributed by atoms with Gasteiger partial charge in [-0.1, -0.05) is 24.3 Å². The highest BCUT2D eigenvalue weighted by Gasteiger charge is 2.17. The fourth-order valence-corrected chi connectivity index (χ4v) is 3.92. The Morgan fingerprint density at radius 2 is 1.83 bits per heavy atom. The Labute approximate surface area is 202 Å². The number of nitrogens with one attached hydrogen (secondary N) is 3. The Bertz CT molecular complexity index is 1400. The number of fused-ring (bicyclic) bond motifs is 1. The zero-order valence-electron chi connectivity index (χ0n) is 19.0. The highest BCUT2D eigenvalue weighted by atomic mass is 16.5. The lowest BCUT2D eigenvalue weighted by atomic mass is 10.1. The molecule has 2 heterocycles. The summed E-state index contributed by atoms with van der Waals surface area (Å²) >= 11 is 0. The number of nitrogens with two attached hydrogens (primary N) is 1. The van der Waals surface area contributed by atoms with Crippen molar-refractivity contribution in [2.75, 3.05) is 42.7 Å². The number of aromatic nitrogens is 2. The zero-order valence-corrected chi connectivity index (χ0v) is 19.0. The second-order valence-electron chi connectivity index (χ2n) is 8.14. The largest absolute Gasteiger partial charge is 0.398 e. The van der Waals surface area contributed by atoms with Crippen LogP contribution in [0.2, 0.25) is 0 Å². The molecule has 35 heavy (non-hydrogen) atoms. The lowest BCUT2D eigenvalue weighted by molar-refractivity contribution is 0.0564. The number of carbonyl (C=O) groups excluding carboxylic acids is 1. The van der Waals surface area contributed by atoms with E-state index in [0.717, 1.165) is 22.2 Å². The van der Waals surface area contributed by atoms with Gasteiger partial charge in [-0.3, -0.25) is 0 Å². The van der Waals surface area contributed by atoms with Gasteiger partial charge in [-0.25, -0.2) is 14.8 Å². The first-order valence-corrected chi connectivity index (χ1v) is 11.3. The van der Waals surface area contributed by atoms with Gasteiger partial charge in [0, 0.05) is 52.9 Å². The molecule has 1 aliphatic rings. The van der Waals surface area contributed by atoms with Crippen molar-refractivity contribution < 1.29 is 9.53 Å². The minimum absolute atomic E-state index is 0.155. The average Bonchev–Trinajstić information content (AvgIpc) is 2.90. The SMILES string of the molecule is N=Cc1cc(Nc2nc(-c3cccc(NC(=O)N4CCOCC4)c3)nc3ccccc23)ccc1N. The first-order valence-electron chi connectivity index (χ1n) is 11.3. The molecule has 0 atom stereocenters. The van der Waals surface area contributed by atoms with E-state index in [9.17, 15) is 4.79 Å². The topological polar surface area (TPSA) is 129 Å². The van der Waals surface area contributed by atoms with E-state index in [0.29, 0.717) is 54.9 Å². The number of amides is 2. The summed E-state index contributed by atoms with van der Waals surface area (Å²) in [5, 5.41) is 14.7. The van der Waals surface area contributed by atoms with Gasteiger partial charge < -0.3 is 31.4 Å². The molecule has 0 spiro atoms. The van der Waals surface area contributed by atoms with Crippen molar-refractivity contribution >= 4 is 46.0 Å². The predicted molar refractivity (Wildman–Crippen MR) is 138 cm³/mol. The highest BCUT2D eigenvalue weighted by Crippen LogP contribution is 2.29. The smallest absolute Gasteiger partial charge is 0.321 e. The molecule has 1 aliphatic heterocycles.